The number of aliphatic hydroxyl groups excluding tert-OH is 2. The SMILES string of the molecule is CCC(C)(CCCC(O)CCCC(C)(CCO)c1ccccc1)c1ccccc1. The molecule has 0 aliphatic heterocycles. The summed E-state index contributed by atoms with van der Waals surface area (Å²) in [6, 6.07) is 21.2. The van der Waals surface area contributed by atoms with Crippen molar-refractivity contribution in [1.82, 2.24) is 0 Å². The van der Waals surface area contributed by atoms with Crippen molar-refractivity contribution in [2.75, 3.05) is 6.61 Å². The van der Waals surface area contributed by atoms with E-state index < -0.39 is 0 Å². The third-order valence-corrected chi connectivity index (χ3v) is 6.92. The number of benzene rings is 2. The lowest BCUT2D eigenvalue weighted by Crippen LogP contribution is -2.24. The smallest absolute Gasteiger partial charge is 0.0540 e. The first-order valence-corrected chi connectivity index (χ1v) is 11.3. The normalized spacial score (nSPS) is 16.7. The second kappa shape index (κ2) is 11.5. The summed E-state index contributed by atoms with van der Waals surface area (Å²) in [5, 5.41) is 20.1. The minimum Gasteiger partial charge on any atom is -0.396 e. The highest BCUT2D eigenvalue weighted by Crippen LogP contribution is 2.35. The largest absolute Gasteiger partial charge is 0.396 e. The summed E-state index contributed by atoms with van der Waals surface area (Å²) < 4.78 is 0. The van der Waals surface area contributed by atoms with Gasteiger partial charge in [0, 0.05) is 6.61 Å². The molecule has 2 rings (SSSR count). The van der Waals surface area contributed by atoms with Gasteiger partial charge in [0.2, 0.25) is 0 Å². The first kappa shape index (κ1) is 23.6. The van der Waals surface area contributed by atoms with E-state index in [9.17, 15) is 10.2 Å². The average Bonchev–Trinajstić information content (AvgIpc) is 2.75. The molecule has 3 atom stereocenters. The summed E-state index contributed by atoms with van der Waals surface area (Å²) >= 11 is 0. The molecule has 0 heterocycles. The Morgan fingerprint density at radius 1 is 0.724 bits per heavy atom. The van der Waals surface area contributed by atoms with Crippen molar-refractivity contribution in [3.05, 3.63) is 71.8 Å². The Morgan fingerprint density at radius 3 is 1.62 bits per heavy atom. The predicted octanol–water partition coefficient (Wildman–Crippen LogP) is 6.40. The Labute approximate surface area is 178 Å². The molecule has 0 spiro atoms. The van der Waals surface area contributed by atoms with E-state index in [1.807, 2.05) is 6.07 Å². The van der Waals surface area contributed by atoms with Gasteiger partial charge in [0.1, 0.15) is 0 Å². The molecule has 3 unspecified atom stereocenters. The molecule has 0 bridgehead atoms. The van der Waals surface area contributed by atoms with Crippen molar-refractivity contribution < 1.29 is 10.2 Å². The van der Waals surface area contributed by atoms with Crippen LogP contribution in [0, 0.1) is 0 Å². The highest BCUT2D eigenvalue weighted by atomic mass is 16.3. The van der Waals surface area contributed by atoms with Crippen LogP contribution in [0.25, 0.3) is 0 Å². The van der Waals surface area contributed by atoms with Crippen LogP contribution in [0.1, 0.15) is 83.3 Å². The summed E-state index contributed by atoms with van der Waals surface area (Å²) in [6.45, 7) is 7.03. The quantitative estimate of drug-likeness (QED) is 0.411. The van der Waals surface area contributed by atoms with E-state index in [0.29, 0.717) is 0 Å². The third-order valence-electron chi connectivity index (χ3n) is 6.92. The van der Waals surface area contributed by atoms with Crippen molar-refractivity contribution in [2.24, 2.45) is 0 Å². The fraction of sp³-hybridized carbons (Fsp3) is 0.556. The maximum atomic E-state index is 10.5. The van der Waals surface area contributed by atoms with Crippen molar-refractivity contribution in [2.45, 2.75) is 89.1 Å². The molecule has 0 aromatic heterocycles. The molecular weight excluding hydrogens is 356 g/mol. The van der Waals surface area contributed by atoms with Gasteiger partial charge in [-0.25, -0.2) is 0 Å². The van der Waals surface area contributed by atoms with Gasteiger partial charge in [-0.15, -0.1) is 0 Å². The van der Waals surface area contributed by atoms with Crippen molar-refractivity contribution in [3.8, 4) is 0 Å². The van der Waals surface area contributed by atoms with Crippen LogP contribution in [0.5, 0.6) is 0 Å². The molecule has 2 aromatic rings. The van der Waals surface area contributed by atoms with Crippen LogP contribution in [-0.4, -0.2) is 22.9 Å². The lowest BCUT2D eigenvalue weighted by atomic mass is 9.75. The van der Waals surface area contributed by atoms with Crippen molar-refractivity contribution >= 4 is 0 Å². The highest BCUT2D eigenvalue weighted by Gasteiger charge is 2.26. The highest BCUT2D eigenvalue weighted by molar-refractivity contribution is 5.25. The zero-order valence-corrected chi connectivity index (χ0v) is 18.6. The van der Waals surface area contributed by atoms with Gasteiger partial charge in [0.05, 0.1) is 6.10 Å². The van der Waals surface area contributed by atoms with Gasteiger partial charge in [-0.1, -0.05) is 94.3 Å². The Bertz CT molecular complexity index is 684. The maximum absolute atomic E-state index is 10.5. The van der Waals surface area contributed by atoms with Crippen molar-refractivity contribution in [1.29, 1.82) is 0 Å². The number of rotatable bonds is 13. The monoisotopic (exact) mass is 396 g/mol. The third kappa shape index (κ3) is 6.97. The van der Waals surface area contributed by atoms with Crippen LogP contribution >= 0.6 is 0 Å². The standard InChI is InChI=1S/C27H40O2/c1-4-26(2,23-13-7-5-8-14-23)19-11-17-25(29)18-12-20-27(3,21-22-28)24-15-9-6-10-16-24/h5-10,13-16,25,28-29H,4,11-12,17-22H2,1-3H3. The summed E-state index contributed by atoms with van der Waals surface area (Å²) in [7, 11) is 0. The fourth-order valence-electron chi connectivity index (χ4n) is 4.47. The summed E-state index contributed by atoms with van der Waals surface area (Å²) in [6.07, 6.45) is 7.47. The van der Waals surface area contributed by atoms with Gasteiger partial charge in [0.25, 0.3) is 0 Å². The van der Waals surface area contributed by atoms with Gasteiger partial charge in [0.15, 0.2) is 0 Å². The Morgan fingerprint density at radius 2 is 1.17 bits per heavy atom. The molecule has 2 N–H and O–H groups in total. The maximum Gasteiger partial charge on any atom is 0.0540 e. The molecule has 2 aromatic carbocycles. The molecule has 0 amide bonds. The topological polar surface area (TPSA) is 40.5 Å². The number of hydrogen-bond donors (Lipinski definition) is 2. The molecule has 160 valence electrons. The second-order valence-corrected chi connectivity index (χ2v) is 9.12. The Hall–Kier alpha value is -1.64. The summed E-state index contributed by atoms with van der Waals surface area (Å²) in [5.41, 5.74) is 2.85. The fourth-order valence-corrected chi connectivity index (χ4v) is 4.47. The molecule has 0 radical (unpaired) electrons. The van der Waals surface area contributed by atoms with Gasteiger partial charge >= 0.3 is 0 Å². The minimum absolute atomic E-state index is 0.0240. The van der Waals surface area contributed by atoms with Gasteiger partial charge in [-0.3, -0.25) is 0 Å². The average molecular weight is 397 g/mol. The lowest BCUT2D eigenvalue weighted by Gasteiger charge is -2.31. The van der Waals surface area contributed by atoms with E-state index in [1.165, 1.54) is 11.1 Å². The Balaban J connectivity index is 1.79. The van der Waals surface area contributed by atoms with E-state index in [-0.39, 0.29) is 23.5 Å². The van der Waals surface area contributed by atoms with Crippen LogP contribution in [0.2, 0.25) is 0 Å². The molecule has 2 heteroatoms. The Kier molecular flexibility index (Phi) is 9.39. The number of hydrogen-bond acceptors (Lipinski definition) is 2. The first-order valence-electron chi connectivity index (χ1n) is 11.3. The predicted molar refractivity (Wildman–Crippen MR) is 123 cm³/mol. The molecule has 0 aliphatic rings. The molecule has 2 nitrogen and oxygen atoms in total. The zero-order chi connectivity index (χ0) is 21.2. The molecule has 0 saturated carbocycles. The van der Waals surface area contributed by atoms with E-state index in [0.717, 1.165) is 51.4 Å². The molecular formula is C27H40O2. The van der Waals surface area contributed by atoms with E-state index in [4.69, 9.17) is 0 Å². The van der Waals surface area contributed by atoms with Crippen LogP contribution in [0.15, 0.2) is 60.7 Å². The summed E-state index contributed by atoms with van der Waals surface area (Å²) in [4.78, 5) is 0. The van der Waals surface area contributed by atoms with Crippen molar-refractivity contribution in [3.63, 3.8) is 0 Å². The first-order chi connectivity index (χ1) is 13.9. The van der Waals surface area contributed by atoms with Crippen LogP contribution in [0.3, 0.4) is 0 Å². The van der Waals surface area contributed by atoms with E-state index >= 15 is 0 Å². The van der Waals surface area contributed by atoms with Crippen LogP contribution < -0.4 is 0 Å². The van der Waals surface area contributed by atoms with E-state index in [2.05, 4.69) is 75.4 Å². The molecule has 0 aliphatic carbocycles. The lowest BCUT2D eigenvalue weighted by molar-refractivity contribution is 0.139. The van der Waals surface area contributed by atoms with Crippen LogP contribution in [0.4, 0.5) is 0 Å². The molecule has 0 fully saturated rings. The summed E-state index contributed by atoms with van der Waals surface area (Å²) in [5.74, 6) is 0. The van der Waals surface area contributed by atoms with Gasteiger partial charge in [-0.2, -0.15) is 0 Å². The van der Waals surface area contributed by atoms with Gasteiger partial charge < -0.3 is 10.2 Å². The zero-order valence-electron chi connectivity index (χ0n) is 18.6. The molecule has 0 saturated heterocycles. The van der Waals surface area contributed by atoms with Crippen LogP contribution in [-0.2, 0) is 10.8 Å². The number of aliphatic hydroxyl groups is 2. The van der Waals surface area contributed by atoms with E-state index in [1.54, 1.807) is 0 Å². The minimum atomic E-state index is -0.235. The molecule has 29 heavy (non-hydrogen) atoms. The second-order valence-electron chi connectivity index (χ2n) is 9.12. The van der Waals surface area contributed by atoms with Gasteiger partial charge in [-0.05, 0) is 60.5 Å².